The van der Waals surface area contributed by atoms with Gasteiger partial charge in [-0.3, -0.25) is 14.9 Å². The average Bonchev–Trinajstić information content (AvgIpc) is 3.28. The summed E-state index contributed by atoms with van der Waals surface area (Å²) in [6, 6.07) is 11.6. The molecule has 1 unspecified atom stereocenters. The number of benzene rings is 1. The monoisotopic (exact) mass is 478 g/mol. The molecule has 1 aromatic carbocycles. The number of rotatable bonds is 11. The lowest BCUT2D eigenvalue weighted by atomic mass is 10.0. The Kier molecular flexibility index (Phi) is 8.94. The van der Waals surface area contributed by atoms with Crippen molar-refractivity contribution in [3.05, 3.63) is 72.4 Å². The number of carbonyl (C=O) groups is 3. The Morgan fingerprint density at radius 2 is 1.80 bits per heavy atom. The summed E-state index contributed by atoms with van der Waals surface area (Å²) in [6.07, 6.45) is 5.85. The zero-order valence-corrected chi connectivity index (χ0v) is 19.8. The standard InChI is InChI=1S/C25H30N6O4/c1-17(2)13-20(21-15-31(16-27-21)12-10-24(33)34)29-23(32)14-18-6-8-19(9-7-18)28-25(35)30-22-5-3-4-11-26-22/h3-9,11,15-17,20H,10,12-14H2,1-2H3,(H,29,32)(H,33,34)(H2,26,28,30,35). The predicted molar refractivity (Wildman–Crippen MR) is 132 cm³/mol. The van der Waals surface area contributed by atoms with E-state index in [1.165, 1.54) is 0 Å². The van der Waals surface area contributed by atoms with E-state index in [0.29, 0.717) is 36.1 Å². The molecule has 35 heavy (non-hydrogen) atoms. The Morgan fingerprint density at radius 1 is 1.03 bits per heavy atom. The highest BCUT2D eigenvalue weighted by Gasteiger charge is 2.19. The molecule has 0 saturated carbocycles. The van der Waals surface area contributed by atoms with Crippen molar-refractivity contribution in [2.24, 2.45) is 5.92 Å². The molecule has 0 aliphatic carbocycles. The van der Waals surface area contributed by atoms with Crippen LogP contribution in [0.4, 0.5) is 16.3 Å². The first-order valence-corrected chi connectivity index (χ1v) is 11.4. The van der Waals surface area contributed by atoms with Gasteiger partial charge in [0.25, 0.3) is 0 Å². The fraction of sp³-hybridized carbons (Fsp3) is 0.320. The minimum atomic E-state index is -0.873. The number of carboxylic acids is 1. The van der Waals surface area contributed by atoms with E-state index in [1.807, 2.05) is 0 Å². The van der Waals surface area contributed by atoms with Crippen LogP contribution < -0.4 is 16.0 Å². The molecule has 0 aliphatic heterocycles. The molecule has 2 aromatic heterocycles. The quantitative estimate of drug-likeness (QED) is 0.330. The first-order chi connectivity index (χ1) is 16.8. The second-order valence-corrected chi connectivity index (χ2v) is 8.60. The van der Waals surface area contributed by atoms with Gasteiger partial charge >= 0.3 is 12.0 Å². The van der Waals surface area contributed by atoms with Gasteiger partial charge in [-0.15, -0.1) is 0 Å². The van der Waals surface area contributed by atoms with E-state index in [9.17, 15) is 14.4 Å². The van der Waals surface area contributed by atoms with Crippen LogP contribution in [0.2, 0.25) is 0 Å². The molecule has 10 nitrogen and oxygen atoms in total. The van der Waals surface area contributed by atoms with Crippen molar-refractivity contribution < 1.29 is 19.5 Å². The molecule has 4 N–H and O–H groups in total. The molecule has 2 heterocycles. The van der Waals surface area contributed by atoms with Gasteiger partial charge in [0.1, 0.15) is 5.82 Å². The van der Waals surface area contributed by atoms with Gasteiger partial charge in [0.2, 0.25) is 5.91 Å². The van der Waals surface area contributed by atoms with Gasteiger partial charge < -0.3 is 20.3 Å². The van der Waals surface area contributed by atoms with Crippen LogP contribution in [0.25, 0.3) is 0 Å². The van der Waals surface area contributed by atoms with Crippen LogP contribution in [0, 0.1) is 5.92 Å². The number of nitrogens with zero attached hydrogens (tertiary/aromatic N) is 3. The Balaban J connectivity index is 1.55. The summed E-state index contributed by atoms with van der Waals surface area (Å²) < 4.78 is 1.72. The van der Waals surface area contributed by atoms with Crippen molar-refractivity contribution in [3.8, 4) is 0 Å². The van der Waals surface area contributed by atoms with Gasteiger partial charge in [-0.05, 0) is 42.2 Å². The molecule has 0 bridgehead atoms. The first kappa shape index (κ1) is 25.4. The smallest absolute Gasteiger partial charge is 0.324 e. The van der Waals surface area contributed by atoms with Gasteiger partial charge in [-0.25, -0.2) is 14.8 Å². The molecular weight excluding hydrogens is 448 g/mol. The van der Waals surface area contributed by atoms with Crippen LogP contribution >= 0.6 is 0 Å². The van der Waals surface area contributed by atoms with E-state index in [1.54, 1.807) is 65.8 Å². The Labute approximate surface area is 203 Å². The largest absolute Gasteiger partial charge is 0.481 e. The summed E-state index contributed by atoms with van der Waals surface area (Å²) in [5.74, 6) is -0.250. The van der Waals surface area contributed by atoms with Crippen molar-refractivity contribution in [2.45, 2.75) is 45.7 Å². The number of carboxylic acid groups (broad SMARTS) is 1. The zero-order valence-electron chi connectivity index (χ0n) is 19.8. The molecule has 10 heteroatoms. The summed E-state index contributed by atoms with van der Waals surface area (Å²) in [7, 11) is 0. The number of hydrogen-bond donors (Lipinski definition) is 4. The molecule has 0 fully saturated rings. The van der Waals surface area contributed by atoms with Crippen molar-refractivity contribution in [2.75, 3.05) is 10.6 Å². The third-order valence-corrected chi connectivity index (χ3v) is 5.12. The third kappa shape index (κ3) is 8.58. The van der Waals surface area contributed by atoms with Gasteiger partial charge in [-0.2, -0.15) is 0 Å². The predicted octanol–water partition coefficient (Wildman–Crippen LogP) is 3.84. The number of hydrogen-bond acceptors (Lipinski definition) is 5. The molecule has 3 amide bonds. The topological polar surface area (TPSA) is 138 Å². The summed E-state index contributed by atoms with van der Waals surface area (Å²) in [5.41, 5.74) is 2.09. The number of carbonyl (C=O) groups excluding carboxylic acids is 2. The summed E-state index contributed by atoms with van der Waals surface area (Å²) >= 11 is 0. The fourth-order valence-corrected chi connectivity index (χ4v) is 3.48. The molecule has 0 saturated heterocycles. The second-order valence-electron chi connectivity index (χ2n) is 8.60. The van der Waals surface area contributed by atoms with Crippen LogP contribution in [0.15, 0.2) is 61.2 Å². The molecule has 3 rings (SSSR count). The molecule has 0 radical (unpaired) electrons. The highest BCUT2D eigenvalue weighted by molar-refractivity contribution is 5.99. The number of aryl methyl sites for hydroxylation is 1. The van der Waals surface area contributed by atoms with Crippen LogP contribution in [0.1, 0.15) is 44.0 Å². The van der Waals surface area contributed by atoms with E-state index < -0.39 is 12.0 Å². The van der Waals surface area contributed by atoms with E-state index in [2.05, 4.69) is 39.8 Å². The third-order valence-electron chi connectivity index (χ3n) is 5.12. The van der Waals surface area contributed by atoms with E-state index >= 15 is 0 Å². The van der Waals surface area contributed by atoms with Gasteiger partial charge in [0, 0.05) is 24.6 Å². The average molecular weight is 479 g/mol. The van der Waals surface area contributed by atoms with Crippen molar-refractivity contribution >= 4 is 29.4 Å². The maximum absolute atomic E-state index is 12.8. The molecule has 1 atom stereocenters. The summed E-state index contributed by atoms with van der Waals surface area (Å²) in [5, 5.41) is 17.3. The number of urea groups is 1. The van der Waals surface area contributed by atoms with Crippen LogP contribution in [0.5, 0.6) is 0 Å². The maximum Gasteiger partial charge on any atom is 0.324 e. The number of amides is 3. The van der Waals surface area contributed by atoms with Crippen molar-refractivity contribution in [1.82, 2.24) is 19.9 Å². The summed E-state index contributed by atoms with van der Waals surface area (Å²) in [4.78, 5) is 44.1. The number of aliphatic carboxylic acids is 1. The zero-order chi connectivity index (χ0) is 25.2. The molecule has 184 valence electrons. The molecule has 3 aromatic rings. The van der Waals surface area contributed by atoms with Gasteiger partial charge in [0.15, 0.2) is 0 Å². The van der Waals surface area contributed by atoms with Gasteiger partial charge in [-0.1, -0.05) is 32.0 Å². The highest BCUT2D eigenvalue weighted by atomic mass is 16.4. The molecule has 0 spiro atoms. The Morgan fingerprint density at radius 3 is 2.46 bits per heavy atom. The van der Waals surface area contributed by atoms with Crippen molar-refractivity contribution in [3.63, 3.8) is 0 Å². The lowest BCUT2D eigenvalue weighted by Crippen LogP contribution is -2.31. The number of nitrogens with one attached hydrogen (secondary N) is 3. The lowest BCUT2D eigenvalue weighted by Gasteiger charge is -2.19. The van der Waals surface area contributed by atoms with Crippen LogP contribution in [-0.2, 0) is 22.6 Å². The van der Waals surface area contributed by atoms with Crippen LogP contribution in [0.3, 0.4) is 0 Å². The number of pyridine rings is 1. The minimum absolute atomic E-state index is 0.00661. The number of anilines is 2. The molecule has 0 aliphatic rings. The van der Waals surface area contributed by atoms with Crippen molar-refractivity contribution in [1.29, 1.82) is 0 Å². The fourth-order valence-electron chi connectivity index (χ4n) is 3.48. The number of imidazole rings is 1. The first-order valence-electron chi connectivity index (χ1n) is 11.4. The summed E-state index contributed by atoms with van der Waals surface area (Å²) in [6.45, 7) is 4.46. The Bertz CT molecular complexity index is 1130. The van der Waals surface area contributed by atoms with Crippen LogP contribution in [-0.4, -0.2) is 37.5 Å². The van der Waals surface area contributed by atoms with E-state index in [4.69, 9.17) is 5.11 Å². The van der Waals surface area contributed by atoms with Gasteiger partial charge in [0.05, 0.1) is 30.9 Å². The Hall–Kier alpha value is -4.21. The maximum atomic E-state index is 12.8. The second kappa shape index (κ2) is 12.3. The molecular formula is C25H30N6O4. The SMILES string of the molecule is CC(C)CC(NC(=O)Cc1ccc(NC(=O)Nc2ccccn2)cc1)c1cn(CCC(=O)O)cn1. The normalized spacial score (nSPS) is 11.6. The minimum Gasteiger partial charge on any atom is -0.481 e. The highest BCUT2D eigenvalue weighted by Crippen LogP contribution is 2.20. The lowest BCUT2D eigenvalue weighted by molar-refractivity contribution is -0.137. The van der Waals surface area contributed by atoms with E-state index in [-0.39, 0.29) is 24.8 Å². The number of aromatic nitrogens is 3. The van der Waals surface area contributed by atoms with E-state index in [0.717, 1.165) is 5.56 Å².